The van der Waals surface area contributed by atoms with E-state index >= 15 is 0 Å². The predicted molar refractivity (Wildman–Crippen MR) is 212 cm³/mol. The first kappa shape index (κ1) is 37.4. The summed E-state index contributed by atoms with van der Waals surface area (Å²) in [6, 6.07) is 18.5. The van der Waals surface area contributed by atoms with Crippen molar-refractivity contribution in [3.63, 3.8) is 0 Å². The molecule has 0 unspecified atom stereocenters. The molecule has 0 saturated heterocycles. The zero-order chi connectivity index (χ0) is 37.0. The van der Waals surface area contributed by atoms with Crippen molar-refractivity contribution in [3.05, 3.63) is 108 Å². The summed E-state index contributed by atoms with van der Waals surface area (Å²) in [6.07, 6.45) is 0.554. The van der Waals surface area contributed by atoms with E-state index in [0.717, 1.165) is 22.3 Å². The van der Waals surface area contributed by atoms with Crippen molar-refractivity contribution in [2.45, 2.75) is 111 Å². The Hall–Kier alpha value is -2.33. The van der Waals surface area contributed by atoms with Crippen molar-refractivity contribution in [1.29, 1.82) is 0 Å². The van der Waals surface area contributed by atoms with Gasteiger partial charge in [0.25, 0.3) is 0 Å². The molecular formula is C41H47Cl4O4P. The fourth-order valence-corrected chi connectivity index (χ4v) is 10.8. The third kappa shape index (κ3) is 6.16. The minimum atomic E-state index is -5.11. The first-order valence-corrected chi connectivity index (χ1v) is 20.4. The molecular weight excluding hydrogens is 729 g/mol. The molecule has 2 aliphatic heterocycles. The van der Waals surface area contributed by atoms with E-state index in [1.54, 1.807) is 0 Å². The Morgan fingerprint density at radius 1 is 0.460 bits per heavy atom. The molecule has 0 radical (unpaired) electrons. The molecule has 2 heterocycles. The van der Waals surface area contributed by atoms with Gasteiger partial charge in [-0.25, -0.2) is 0 Å². The number of fused-ring (bicyclic) bond motifs is 3. The average Bonchev–Trinajstić information content (AvgIpc) is 3.35. The monoisotopic (exact) mass is 774 g/mol. The predicted octanol–water partition coefficient (Wildman–Crippen LogP) is 13.9. The summed E-state index contributed by atoms with van der Waals surface area (Å²) in [5.41, 5.74) is 5.38. The Bertz CT molecular complexity index is 1910. The molecule has 268 valence electrons. The fraction of sp³-hybridized carbons (Fsp3) is 0.415. The zero-order valence-electron chi connectivity index (χ0n) is 31.0. The van der Waals surface area contributed by atoms with Crippen LogP contribution in [0.1, 0.15) is 116 Å². The third-order valence-corrected chi connectivity index (χ3v) is 14.3. The van der Waals surface area contributed by atoms with Gasteiger partial charge in [0.15, 0.2) is 0 Å². The Balaban J connectivity index is 1.85. The second-order valence-electron chi connectivity index (χ2n) is 17.6. The zero-order valence-corrected chi connectivity index (χ0v) is 34.9. The fourth-order valence-electron chi connectivity index (χ4n) is 6.42. The van der Waals surface area contributed by atoms with Crippen LogP contribution in [0.4, 0.5) is 0 Å². The van der Waals surface area contributed by atoms with Gasteiger partial charge < -0.3 is 0 Å². The molecule has 0 atom stereocenters. The number of hydrogen-bond acceptors (Lipinski definition) is 4. The van der Waals surface area contributed by atoms with Crippen LogP contribution in [0.3, 0.4) is 0 Å². The molecule has 0 amide bonds. The summed E-state index contributed by atoms with van der Waals surface area (Å²) in [5, 5.41) is 0.765. The van der Waals surface area contributed by atoms with Gasteiger partial charge in [0.1, 0.15) is 0 Å². The van der Waals surface area contributed by atoms with E-state index in [2.05, 4.69) is 107 Å². The van der Waals surface area contributed by atoms with Crippen molar-refractivity contribution >= 4 is 59.2 Å². The maximum absolute atomic E-state index is 7.54. The van der Waals surface area contributed by atoms with Crippen molar-refractivity contribution in [3.8, 4) is 23.0 Å². The van der Waals surface area contributed by atoms with Gasteiger partial charge >= 0.3 is 320 Å². The topological polar surface area (TPSA) is 36.9 Å². The van der Waals surface area contributed by atoms with Gasteiger partial charge in [-0.3, -0.25) is 0 Å². The van der Waals surface area contributed by atoms with E-state index in [1.165, 1.54) is 11.1 Å². The summed E-state index contributed by atoms with van der Waals surface area (Å²) in [7, 11) is -5.11. The van der Waals surface area contributed by atoms with E-state index < -0.39 is 7.51 Å². The standard InChI is InChI=1S/C41H47Cl4O4P/c1-38(2,3)25-19-23-18-24-20-26(39(4,5)6)22-29(41(10,11)12)35(24)47-50(27-16-14-13-15-17-27,46-34(23)28(21-25)40(7,8)9)48-36-32(44)30(42)31(43)33(45)37(36)49-50/h13-17,19-22H,18H2,1-12H3. The number of halogens is 4. The van der Waals surface area contributed by atoms with Gasteiger partial charge in [0, 0.05) is 0 Å². The summed E-state index contributed by atoms with van der Waals surface area (Å²) >= 11 is 27.1. The Morgan fingerprint density at radius 3 is 1.16 bits per heavy atom. The van der Waals surface area contributed by atoms with Gasteiger partial charge in [0.2, 0.25) is 0 Å². The van der Waals surface area contributed by atoms with E-state index in [1.807, 2.05) is 30.3 Å². The molecule has 1 spiro atoms. The Kier molecular flexibility index (Phi) is 8.86. The molecule has 0 aliphatic carbocycles. The maximum atomic E-state index is 7.54. The second-order valence-corrected chi connectivity index (χ2v) is 22.0. The summed E-state index contributed by atoms with van der Waals surface area (Å²) < 4.78 is 29.4. The van der Waals surface area contributed by atoms with Crippen LogP contribution in [-0.2, 0) is 28.1 Å². The van der Waals surface area contributed by atoms with Crippen LogP contribution in [-0.4, -0.2) is 0 Å². The van der Waals surface area contributed by atoms with Crippen LogP contribution in [0.2, 0.25) is 20.1 Å². The first-order valence-electron chi connectivity index (χ1n) is 17.0. The average molecular weight is 777 g/mol. The first-order chi connectivity index (χ1) is 22.9. The van der Waals surface area contributed by atoms with Gasteiger partial charge in [-0.15, -0.1) is 0 Å². The molecule has 4 aromatic rings. The molecule has 4 nitrogen and oxygen atoms in total. The second kappa shape index (κ2) is 11.8. The quantitative estimate of drug-likeness (QED) is 0.110. The molecule has 0 aromatic heterocycles. The molecule has 0 fully saturated rings. The van der Waals surface area contributed by atoms with Crippen molar-refractivity contribution < 1.29 is 18.1 Å². The van der Waals surface area contributed by atoms with Crippen LogP contribution in [0.25, 0.3) is 0 Å². The number of benzene rings is 4. The van der Waals surface area contributed by atoms with Crippen LogP contribution in [0, 0.1) is 0 Å². The third-order valence-electron chi connectivity index (χ3n) is 9.42. The van der Waals surface area contributed by atoms with Crippen molar-refractivity contribution in [2.75, 3.05) is 0 Å². The molecule has 2 aliphatic rings. The number of hydrogen-bond donors (Lipinski definition) is 0. The van der Waals surface area contributed by atoms with Crippen molar-refractivity contribution in [1.82, 2.24) is 0 Å². The van der Waals surface area contributed by atoms with E-state index in [0.29, 0.717) is 23.2 Å². The molecule has 0 bridgehead atoms. The van der Waals surface area contributed by atoms with Crippen LogP contribution in [0.15, 0.2) is 54.6 Å². The van der Waals surface area contributed by atoms with Gasteiger partial charge in [0.05, 0.1) is 0 Å². The van der Waals surface area contributed by atoms with Gasteiger partial charge in [-0.1, -0.05) is 0 Å². The summed E-state index contributed by atoms with van der Waals surface area (Å²) in [5.74, 6) is 1.49. The van der Waals surface area contributed by atoms with E-state index in [4.69, 9.17) is 64.5 Å². The van der Waals surface area contributed by atoms with E-state index in [9.17, 15) is 0 Å². The molecule has 50 heavy (non-hydrogen) atoms. The Labute approximate surface area is 317 Å². The van der Waals surface area contributed by atoms with E-state index in [-0.39, 0.29) is 53.2 Å². The molecule has 9 heteroatoms. The van der Waals surface area contributed by atoms with Crippen molar-refractivity contribution in [2.24, 2.45) is 0 Å². The molecule has 4 aromatic carbocycles. The normalized spacial score (nSPS) is 17.4. The molecule has 6 rings (SSSR count). The van der Waals surface area contributed by atoms with Gasteiger partial charge in [-0.05, 0) is 0 Å². The van der Waals surface area contributed by atoms with Crippen LogP contribution >= 0.6 is 53.9 Å². The summed E-state index contributed by atoms with van der Waals surface area (Å²) in [4.78, 5) is 0. The molecule has 0 saturated carbocycles. The van der Waals surface area contributed by atoms with Gasteiger partial charge in [-0.2, -0.15) is 0 Å². The summed E-state index contributed by atoms with van der Waals surface area (Å²) in [6.45, 7) is 26.5. The Morgan fingerprint density at radius 2 is 0.820 bits per heavy atom. The molecule has 0 N–H and O–H groups in total. The minimum absolute atomic E-state index is 0.0514. The van der Waals surface area contributed by atoms with Crippen LogP contribution < -0.4 is 23.4 Å². The SMILES string of the molecule is CC(C)(C)c1cc2c(c(C(C)(C)C)c1)OP1(c3ccccc3)(Oc3c(cc(C(C)(C)C)cc3C(C)(C)C)C2)Oc2c(Cl)c(Cl)c(Cl)c(Cl)c2O1. The number of rotatable bonds is 1. The van der Waals surface area contributed by atoms with Crippen LogP contribution in [0.5, 0.6) is 23.0 Å².